The number of H-pyrrole nitrogens is 1. The van der Waals surface area contributed by atoms with Gasteiger partial charge >= 0.3 is 11.7 Å². The van der Waals surface area contributed by atoms with Crippen LogP contribution in [0.2, 0.25) is 0 Å². The second-order valence-electron chi connectivity index (χ2n) is 15.5. The van der Waals surface area contributed by atoms with Crippen molar-refractivity contribution in [3.05, 3.63) is 69.2 Å². The van der Waals surface area contributed by atoms with E-state index >= 15 is 0 Å². The van der Waals surface area contributed by atoms with Gasteiger partial charge in [-0.05, 0) is 70.8 Å². The number of nitrogens with two attached hydrogens (primary N) is 1. The minimum Gasteiger partial charge on any atom is -0.456 e. The van der Waals surface area contributed by atoms with Crippen LogP contribution in [-0.4, -0.2) is 106 Å². The number of hydrogen-bond acceptors (Lipinski definition) is 13. The number of unbranched alkanes of at least 4 members (excludes halogenated alkanes) is 8. The molecule has 18 nitrogen and oxygen atoms in total. The number of primary amides is 1. The van der Waals surface area contributed by atoms with E-state index in [2.05, 4.69) is 46.8 Å². The van der Waals surface area contributed by atoms with Crippen LogP contribution in [0.15, 0.2) is 58.0 Å². The summed E-state index contributed by atoms with van der Waals surface area (Å²) in [5.41, 5.74) is 4.16. The molecule has 0 spiro atoms. The van der Waals surface area contributed by atoms with Gasteiger partial charge in [0.05, 0.1) is 0 Å². The lowest BCUT2D eigenvalue weighted by atomic mass is 10.0. The molecule has 2 fully saturated rings. The molecular weight excluding hydrogens is 782 g/mol. The predicted molar refractivity (Wildman–Crippen MR) is 218 cm³/mol. The molecule has 0 saturated carbocycles. The number of amides is 3. The molecule has 3 aliphatic heterocycles. The molecule has 3 amide bonds. The van der Waals surface area contributed by atoms with Crippen LogP contribution in [0.25, 0.3) is 0 Å². The van der Waals surface area contributed by atoms with Gasteiger partial charge in [-0.15, -0.1) is 0 Å². The van der Waals surface area contributed by atoms with Crippen molar-refractivity contribution in [3.63, 3.8) is 0 Å². The Hall–Kier alpha value is -4.62. The van der Waals surface area contributed by atoms with Crippen molar-refractivity contribution >= 4 is 23.7 Å². The summed E-state index contributed by atoms with van der Waals surface area (Å²) in [6, 6.07) is 0.0700. The Balaban J connectivity index is 1.38. The van der Waals surface area contributed by atoms with Crippen molar-refractivity contribution in [2.24, 2.45) is 5.73 Å². The number of methoxy groups -OCH3 is 1. The first-order chi connectivity index (χ1) is 28.8. The number of esters is 1. The van der Waals surface area contributed by atoms with Gasteiger partial charge in [0.15, 0.2) is 24.2 Å². The second-order valence-corrected chi connectivity index (χ2v) is 15.5. The van der Waals surface area contributed by atoms with E-state index in [1.807, 2.05) is 6.92 Å². The van der Waals surface area contributed by atoms with Crippen LogP contribution in [0.5, 0.6) is 0 Å². The summed E-state index contributed by atoms with van der Waals surface area (Å²) >= 11 is 0. The van der Waals surface area contributed by atoms with Crippen LogP contribution < -0.4 is 27.6 Å². The van der Waals surface area contributed by atoms with Crippen LogP contribution in [0, 0.1) is 0 Å². The molecule has 7 N–H and O–H groups in total. The Morgan fingerprint density at radius 1 is 1.00 bits per heavy atom. The fourth-order valence-corrected chi connectivity index (χ4v) is 7.32. The Kier molecular flexibility index (Phi) is 19.7. The SMILES string of the molecule is CCCCC/C=C/C/C=C/CCCCCCCC(=O)OC1C(OC)C(C(OC2OC(C(=O)NC3CCCC(C)NC3=O)=CC(O)C2O)C(N)=O)OC1n1ccc(=O)[nH]c1=O. The number of nitrogens with zero attached hydrogens (tertiary/aromatic N) is 1. The zero-order valence-corrected chi connectivity index (χ0v) is 34.8. The number of aromatic nitrogens is 2. The summed E-state index contributed by atoms with van der Waals surface area (Å²) in [6.45, 7) is 4.04. The van der Waals surface area contributed by atoms with Crippen molar-refractivity contribution in [1.82, 2.24) is 20.2 Å². The fourth-order valence-electron chi connectivity index (χ4n) is 7.32. The third kappa shape index (κ3) is 14.2. The third-order valence-corrected chi connectivity index (χ3v) is 10.6. The number of ether oxygens (including phenoxy) is 5. The van der Waals surface area contributed by atoms with E-state index in [9.17, 15) is 39.0 Å². The third-order valence-electron chi connectivity index (χ3n) is 10.6. The molecule has 0 aliphatic carbocycles. The topological polar surface area (TPSA) is 260 Å². The summed E-state index contributed by atoms with van der Waals surface area (Å²) in [5.74, 6) is -3.59. The number of aromatic amines is 1. The van der Waals surface area contributed by atoms with Gasteiger partial charge < -0.3 is 50.3 Å². The summed E-state index contributed by atoms with van der Waals surface area (Å²) in [4.78, 5) is 79.1. The van der Waals surface area contributed by atoms with Gasteiger partial charge in [-0.1, -0.05) is 63.3 Å². The molecular formula is C42H63N5O13. The van der Waals surface area contributed by atoms with Crippen LogP contribution in [-0.2, 0) is 42.9 Å². The van der Waals surface area contributed by atoms with Gasteiger partial charge in [-0.2, -0.15) is 0 Å². The average Bonchev–Trinajstić information content (AvgIpc) is 3.46. The van der Waals surface area contributed by atoms with E-state index in [-0.39, 0.29) is 12.5 Å². The van der Waals surface area contributed by atoms with Crippen LogP contribution in [0.3, 0.4) is 0 Å². The average molecular weight is 846 g/mol. The van der Waals surface area contributed by atoms with E-state index in [0.717, 1.165) is 67.9 Å². The van der Waals surface area contributed by atoms with Crippen molar-refractivity contribution in [1.29, 1.82) is 0 Å². The largest absolute Gasteiger partial charge is 0.456 e. The summed E-state index contributed by atoms with van der Waals surface area (Å²) in [5, 5.41) is 26.9. The molecule has 10 atom stereocenters. The van der Waals surface area contributed by atoms with Crippen molar-refractivity contribution in [2.45, 2.75) is 171 Å². The lowest BCUT2D eigenvalue weighted by molar-refractivity contribution is -0.241. The van der Waals surface area contributed by atoms with Gasteiger partial charge in [-0.3, -0.25) is 33.5 Å². The smallest absolute Gasteiger partial charge is 0.330 e. The van der Waals surface area contributed by atoms with Crippen LogP contribution in [0.1, 0.15) is 116 Å². The molecule has 0 radical (unpaired) electrons. The Labute approximate surface area is 349 Å². The van der Waals surface area contributed by atoms with Gasteiger partial charge in [0.1, 0.15) is 30.5 Å². The molecule has 60 heavy (non-hydrogen) atoms. The molecule has 4 heterocycles. The first kappa shape index (κ1) is 48.1. The Morgan fingerprint density at radius 2 is 1.70 bits per heavy atom. The van der Waals surface area contributed by atoms with Gasteiger partial charge in [-0.25, -0.2) is 4.79 Å². The lowest BCUT2D eigenvalue weighted by Gasteiger charge is -2.35. The Bertz CT molecular complexity index is 1780. The maximum absolute atomic E-state index is 13.2. The number of aliphatic hydroxyl groups excluding tert-OH is 2. The maximum atomic E-state index is 13.2. The molecule has 0 bridgehead atoms. The first-order valence-electron chi connectivity index (χ1n) is 21.1. The summed E-state index contributed by atoms with van der Waals surface area (Å²) in [6.07, 6.45) is 10.6. The predicted octanol–water partition coefficient (Wildman–Crippen LogP) is 2.18. The van der Waals surface area contributed by atoms with Crippen molar-refractivity contribution in [2.75, 3.05) is 7.11 Å². The summed E-state index contributed by atoms with van der Waals surface area (Å²) < 4.78 is 30.0. The Morgan fingerprint density at radius 3 is 2.38 bits per heavy atom. The number of hydrogen-bond donors (Lipinski definition) is 6. The highest BCUT2D eigenvalue weighted by Crippen LogP contribution is 2.36. The van der Waals surface area contributed by atoms with Gasteiger partial charge in [0.2, 0.25) is 18.1 Å². The van der Waals surface area contributed by atoms with Crippen LogP contribution in [0.4, 0.5) is 0 Å². The minimum absolute atomic E-state index is 0.0315. The summed E-state index contributed by atoms with van der Waals surface area (Å²) in [7, 11) is 1.24. The molecule has 4 rings (SSSR count). The van der Waals surface area contributed by atoms with E-state index < -0.39 is 95.9 Å². The zero-order valence-electron chi connectivity index (χ0n) is 34.8. The molecule has 3 aliphatic rings. The minimum atomic E-state index is -1.89. The molecule has 1 aromatic heterocycles. The van der Waals surface area contributed by atoms with E-state index in [0.29, 0.717) is 25.7 Å². The number of carbonyl (C=O) groups excluding carboxylic acids is 4. The molecule has 334 valence electrons. The number of carbonyl (C=O) groups is 4. The van der Waals surface area contributed by atoms with E-state index in [1.54, 1.807) is 0 Å². The number of nitrogens with one attached hydrogen (secondary N) is 3. The zero-order chi connectivity index (χ0) is 43.6. The van der Waals surface area contributed by atoms with E-state index in [1.165, 1.54) is 26.4 Å². The lowest BCUT2D eigenvalue weighted by Crippen LogP contribution is -2.54. The van der Waals surface area contributed by atoms with E-state index in [4.69, 9.17) is 29.4 Å². The molecule has 10 unspecified atom stereocenters. The standard InChI is InChI=1S/C42H63N5O13/c1-4-5-6-7-8-9-10-11-12-13-14-15-16-17-18-22-31(50)58-36-33(56-3)34(59-40(36)47-24-23-30(49)46-42(47)55)35(37(43)52)60-41-32(51)28(48)25-29(57-41)39(54)45-27-21-19-20-26(2)44-38(27)53/h8-9,11-12,23-28,32-36,40-41,48,51H,4-7,10,13-22H2,1-3H3,(H2,43,52)(H,44,53)(H,45,54)(H,46,49,55)/b9-8+,12-11+. The normalized spacial score (nSPS) is 27.5. The van der Waals surface area contributed by atoms with Crippen LogP contribution >= 0.6 is 0 Å². The number of allylic oxidation sites excluding steroid dienone is 4. The monoisotopic (exact) mass is 845 g/mol. The molecule has 2 saturated heterocycles. The highest BCUT2D eigenvalue weighted by molar-refractivity contribution is 5.95. The van der Waals surface area contributed by atoms with Crippen molar-refractivity contribution in [3.8, 4) is 0 Å². The quantitative estimate of drug-likeness (QED) is 0.0525. The highest BCUT2D eigenvalue weighted by atomic mass is 16.7. The highest BCUT2D eigenvalue weighted by Gasteiger charge is 2.54. The van der Waals surface area contributed by atoms with Crippen molar-refractivity contribution < 1.29 is 53.1 Å². The first-order valence-corrected chi connectivity index (χ1v) is 21.1. The fraction of sp³-hybridized carbons (Fsp3) is 0.667. The van der Waals surface area contributed by atoms with Gasteiger partial charge in [0.25, 0.3) is 11.5 Å². The molecule has 1 aromatic rings. The second kappa shape index (κ2) is 24.6. The maximum Gasteiger partial charge on any atom is 0.330 e. The van der Waals surface area contributed by atoms with Gasteiger partial charge in [0, 0.05) is 31.8 Å². The number of aliphatic hydroxyl groups is 2. The molecule has 0 aromatic carbocycles. The number of rotatable bonds is 23. The molecule has 18 heteroatoms.